The number of hydrogen-bond donors (Lipinski definition) is 1. The summed E-state index contributed by atoms with van der Waals surface area (Å²) in [4.78, 5) is 11.6. The van der Waals surface area contributed by atoms with Gasteiger partial charge in [-0.2, -0.15) is 0 Å². The molecule has 0 radical (unpaired) electrons. The molecule has 0 aliphatic rings. The SMILES string of the molecule is O=C(Nc1ccc(Cl)cc1)c1cnnnn1. The highest BCUT2D eigenvalue weighted by Gasteiger charge is 2.08. The first-order valence-electron chi connectivity index (χ1n) is 4.33. The molecule has 1 aromatic carbocycles. The fourth-order valence-electron chi connectivity index (χ4n) is 1.03. The molecular weight excluding hydrogens is 230 g/mol. The molecule has 2 aromatic rings. The highest BCUT2D eigenvalue weighted by Crippen LogP contribution is 2.13. The molecule has 0 bridgehead atoms. The lowest BCUT2D eigenvalue weighted by Crippen LogP contribution is -2.15. The van der Waals surface area contributed by atoms with Gasteiger partial charge in [-0.1, -0.05) is 11.6 Å². The third-order valence-corrected chi connectivity index (χ3v) is 2.01. The number of aromatic nitrogens is 4. The van der Waals surface area contributed by atoms with E-state index >= 15 is 0 Å². The standard InChI is InChI=1S/C9H6ClN5O/c10-6-1-3-7(4-2-6)12-9(16)8-5-11-14-15-13-8/h1-5H,(H,12,16). The number of carbonyl (C=O) groups excluding carboxylic acids is 1. The van der Waals surface area contributed by atoms with E-state index in [2.05, 4.69) is 25.9 Å². The maximum Gasteiger partial charge on any atom is 0.277 e. The number of benzene rings is 1. The molecule has 1 aromatic heterocycles. The van der Waals surface area contributed by atoms with Crippen molar-refractivity contribution in [1.82, 2.24) is 20.6 Å². The first-order chi connectivity index (χ1) is 7.75. The molecular formula is C9H6ClN5O. The van der Waals surface area contributed by atoms with Gasteiger partial charge in [0.1, 0.15) is 0 Å². The number of nitrogens with one attached hydrogen (secondary N) is 1. The van der Waals surface area contributed by atoms with Crippen LogP contribution in [-0.2, 0) is 0 Å². The van der Waals surface area contributed by atoms with Gasteiger partial charge in [0, 0.05) is 10.7 Å². The van der Waals surface area contributed by atoms with E-state index in [0.29, 0.717) is 10.7 Å². The van der Waals surface area contributed by atoms with E-state index < -0.39 is 5.91 Å². The molecule has 16 heavy (non-hydrogen) atoms. The molecule has 0 saturated carbocycles. The van der Waals surface area contributed by atoms with Gasteiger partial charge in [0.25, 0.3) is 5.91 Å². The van der Waals surface area contributed by atoms with Crippen molar-refractivity contribution < 1.29 is 4.79 Å². The number of halogens is 1. The molecule has 1 N–H and O–H groups in total. The monoisotopic (exact) mass is 235 g/mol. The Morgan fingerprint density at radius 1 is 1.19 bits per heavy atom. The fraction of sp³-hybridized carbons (Fsp3) is 0. The molecule has 0 atom stereocenters. The smallest absolute Gasteiger partial charge is 0.277 e. The summed E-state index contributed by atoms with van der Waals surface area (Å²) >= 11 is 5.71. The van der Waals surface area contributed by atoms with Crippen LogP contribution in [-0.4, -0.2) is 26.5 Å². The predicted molar refractivity (Wildman–Crippen MR) is 57.0 cm³/mol. The zero-order chi connectivity index (χ0) is 11.4. The van der Waals surface area contributed by atoms with Gasteiger partial charge < -0.3 is 5.32 Å². The third kappa shape index (κ3) is 2.48. The van der Waals surface area contributed by atoms with E-state index in [4.69, 9.17) is 11.6 Å². The minimum absolute atomic E-state index is 0.102. The molecule has 0 aliphatic carbocycles. The Kier molecular flexibility index (Phi) is 3.02. The third-order valence-electron chi connectivity index (χ3n) is 1.76. The number of amides is 1. The van der Waals surface area contributed by atoms with E-state index in [1.165, 1.54) is 6.20 Å². The number of hydrogen-bond acceptors (Lipinski definition) is 5. The van der Waals surface area contributed by atoms with Crippen molar-refractivity contribution in [2.45, 2.75) is 0 Å². The highest BCUT2D eigenvalue weighted by atomic mass is 35.5. The van der Waals surface area contributed by atoms with Gasteiger partial charge in [0.05, 0.1) is 6.20 Å². The van der Waals surface area contributed by atoms with Crippen molar-refractivity contribution in [2.75, 3.05) is 5.32 Å². The highest BCUT2D eigenvalue weighted by molar-refractivity contribution is 6.30. The maximum atomic E-state index is 11.6. The molecule has 2 rings (SSSR count). The van der Waals surface area contributed by atoms with Crippen molar-refractivity contribution >= 4 is 23.2 Å². The Balaban J connectivity index is 2.11. The summed E-state index contributed by atoms with van der Waals surface area (Å²) in [5, 5.41) is 16.7. The van der Waals surface area contributed by atoms with Crippen LogP contribution in [0.4, 0.5) is 5.69 Å². The van der Waals surface area contributed by atoms with Crippen LogP contribution in [0.15, 0.2) is 30.5 Å². The van der Waals surface area contributed by atoms with Gasteiger partial charge in [-0.3, -0.25) is 4.79 Å². The van der Waals surface area contributed by atoms with Crippen LogP contribution in [0.2, 0.25) is 5.02 Å². The van der Waals surface area contributed by atoms with Crippen molar-refractivity contribution in [2.24, 2.45) is 0 Å². The van der Waals surface area contributed by atoms with E-state index in [0.717, 1.165) is 0 Å². The molecule has 6 nitrogen and oxygen atoms in total. The van der Waals surface area contributed by atoms with Crippen molar-refractivity contribution in [3.8, 4) is 0 Å². The van der Waals surface area contributed by atoms with Gasteiger partial charge in [0.2, 0.25) is 0 Å². The molecule has 0 unspecified atom stereocenters. The van der Waals surface area contributed by atoms with Gasteiger partial charge in [0.15, 0.2) is 5.69 Å². The van der Waals surface area contributed by atoms with Crippen LogP contribution in [0, 0.1) is 0 Å². The van der Waals surface area contributed by atoms with Gasteiger partial charge in [-0.25, -0.2) is 0 Å². The average molecular weight is 236 g/mol. The van der Waals surface area contributed by atoms with E-state index in [1.54, 1.807) is 24.3 Å². The second-order valence-corrected chi connectivity index (χ2v) is 3.31. The average Bonchev–Trinajstić information content (AvgIpc) is 2.33. The van der Waals surface area contributed by atoms with Crippen LogP contribution in [0.3, 0.4) is 0 Å². The quantitative estimate of drug-likeness (QED) is 0.845. The zero-order valence-corrected chi connectivity index (χ0v) is 8.72. The summed E-state index contributed by atoms with van der Waals surface area (Å²) in [6.07, 6.45) is 1.23. The number of rotatable bonds is 2. The first kappa shape index (κ1) is 10.4. The molecule has 1 amide bonds. The van der Waals surface area contributed by atoms with Crippen LogP contribution < -0.4 is 5.32 Å². The normalized spacial score (nSPS) is 9.81. The topological polar surface area (TPSA) is 80.7 Å². The second-order valence-electron chi connectivity index (χ2n) is 2.87. The van der Waals surface area contributed by atoms with Crippen molar-refractivity contribution in [1.29, 1.82) is 0 Å². The largest absolute Gasteiger partial charge is 0.321 e. The predicted octanol–water partition coefficient (Wildman–Crippen LogP) is 1.17. The molecule has 0 spiro atoms. The van der Waals surface area contributed by atoms with E-state index in [9.17, 15) is 4.79 Å². The van der Waals surface area contributed by atoms with E-state index in [1.807, 2.05) is 0 Å². The molecule has 0 aliphatic heterocycles. The first-order valence-corrected chi connectivity index (χ1v) is 4.71. The zero-order valence-electron chi connectivity index (χ0n) is 7.96. The summed E-state index contributed by atoms with van der Waals surface area (Å²) < 4.78 is 0. The Bertz CT molecular complexity index is 487. The van der Waals surface area contributed by atoms with Crippen LogP contribution in [0.5, 0.6) is 0 Å². The molecule has 1 heterocycles. The molecule has 7 heteroatoms. The summed E-state index contributed by atoms with van der Waals surface area (Å²) in [5.41, 5.74) is 0.720. The van der Waals surface area contributed by atoms with Crippen molar-refractivity contribution in [3.63, 3.8) is 0 Å². The lowest BCUT2D eigenvalue weighted by atomic mass is 10.3. The molecule has 0 saturated heterocycles. The van der Waals surface area contributed by atoms with Gasteiger partial charge in [-0.15, -0.1) is 10.2 Å². The van der Waals surface area contributed by atoms with Crippen LogP contribution in [0.25, 0.3) is 0 Å². The lowest BCUT2D eigenvalue weighted by molar-refractivity contribution is 0.102. The number of carbonyl (C=O) groups is 1. The molecule has 0 fully saturated rings. The number of nitrogens with zero attached hydrogens (tertiary/aromatic N) is 4. The summed E-state index contributed by atoms with van der Waals surface area (Å²) in [5.74, 6) is -0.398. The fourth-order valence-corrected chi connectivity index (χ4v) is 1.16. The second kappa shape index (κ2) is 4.63. The Labute approximate surface area is 95.7 Å². The number of anilines is 1. The van der Waals surface area contributed by atoms with Crippen LogP contribution in [0.1, 0.15) is 10.5 Å². The minimum atomic E-state index is -0.398. The Morgan fingerprint density at radius 3 is 2.56 bits per heavy atom. The minimum Gasteiger partial charge on any atom is -0.321 e. The van der Waals surface area contributed by atoms with E-state index in [-0.39, 0.29) is 5.69 Å². The summed E-state index contributed by atoms with van der Waals surface area (Å²) in [6, 6.07) is 6.71. The summed E-state index contributed by atoms with van der Waals surface area (Å²) in [6.45, 7) is 0. The van der Waals surface area contributed by atoms with Crippen molar-refractivity contribution in [3.05, 3.63) is 41.2 Å². The lowest BCUT2D eigenvalue weighted by Gasteiger charge is -2.02. The molecule has 80 valence electrons. The Morgan fingerprint density at radius 2 is 1.94 bits per heavy atom. The van der Waals surface area contributed by atoms with Crippen LogP contribution >= 0.6 is 11.6 Å². The Hall–Kier alpha value is -2.08. The van der Waals surface area contributed by atoms with Gasteiger partial charge in [-0.05, 0) is 34.7 Å². The summed E-state index contributed by atoms with van der Waals surface area (Å²) in [7, 11) is 0. The van der Waals surface area contributed by atoms with Gasteiger partial charge >= 0.3 is 0 Å². The maximum absolute atomic E-state index is 11.6.